The molecule has 0 radical (unpaired) electrons. The van der Waals surface area contributed by atoms with Crippen LogP contribution in [0.2, 0.25) is 0 Å². The van der Waals surface area contributed by atoms with Gasteiger partial charge in [-0.15, -0.1) is 0 Å². The molecule has 0 heterocycles. The van der Waals surface area contributed by atoms with Gasteiger partial charge in [-0.3, -0.25) is 0 Å². The lowest BCUT2D eigenvalue weighted by Gasteiger charge is -2.03. The largest absolute Gasteiger partial charge is 1.00 e. The summed E-state index contributed by atoms with van der Waals surface area (Å²) in [6.07, 6.45) is 0. The Morgan fingerprint density at radius 2 is 2.21 bits per heavy atom. The normalized spacial score (nSPS) is 9.07. The molecule has 0 saturated heterocycles. The van der Waals surface area contributed by atoms with Gasteiger partial charge in [0, 0.05) is 5.56 Å². The molecule has 0 aromatic heterocycles. The molecule has 5 heteroatoms. The van der Waals surface area contributed by atoms with Crippen molar-refractivity contribution in [3.05, 3.63) is 35.1 Å². The van der Waals surface area contributed by atoms with Gasteiger partial charge in [-0.25, -0.2) is 9.18 Å². The summed E-state index contributed by atoms with van der Waals surface area (Å²) in [4.78, 5) is 11.1. The highest BCUT2D eigenvalue weighted by molar-refractivity contribution is 5.90. The third-order valence-corrected chi connectivity index (χ3v) is 1.75. The molecule has 3 N–H and O–H groups in total. The molecular formula is C9H11ClFNO2. The van der Waals surface area contributed by atoms with Gasteiger partial charge in [0.25, 0.3) is 0 Å². The summed E-state index contributed by atoms with van der Waals surface area (Å²) < 4.78 is 17.3. The summed E-state index contributed by atoms with van der Waals surface area (Å²) >= 11 is 0. The number of hydrogen-bond acceptors (Lipinski definition) is 2. The molecule has 3 nitrogen and oxygen atoms in total. The molecule has 0 amide bonds. The maximum absolute atomic E-state index is 12.8. The number of ether oxygens (including phenoxy) is 1. The number of methoxy groups -OCH3 is 1. The number of quaternary nitrogens is 1. The number of carbonyl (C=O) groups excluding carboxylic acids is 1. The molecular weight excluding hydrogens is 209 g/mol. The van der Waals surface area contributed by atoms with Crippen LogP contribution < -0.4 is 18.1 Å². The van der Waals surface area contributed by atoms with Gasteiger partial charge >= 0.3 is 5.97 Å². The van der Waals surface area contributed by atoms with Gasteiger partial charge in [-0.1, -0.05) is 0 Å². The monoisotopic (exact) mass is 219 g/mol. The van der Waals surface area contributed by atoms with Crippen molar-refractivity contribution in [2.75, 3.05) is 7.11 Å². The fourth-order valence-electron chi connectivity index (χ4n) is 1.07. The van der Waals surface area contributed by atoms with E-state index >= 15 is 0 Å². The first kappa shape index (κ1) is 12.9. The van der Waals surface area contributed by atoms with E-state index in [9.17, 15) is 9.18 Å². The molecule has 0 saturated carbocycles. The zero-order valence-corrected chi connectivity index (χ0v) is 8.47. The van der Waals surface area contributed by atoms with Crippen molar-refractivity contribution in [2.24, 2.45) is 0 Å². The molecule has 0 bridgehead atoms. The van der Waals surface area contributed by atoms with Gasteiger partial charge in [0.05, 0.1) is 12.7 Å². The summed E-state index contributed by atoms with van der Waals surface area (Å²) in [7, 11) is 1.26. The van der Waals surface area contributed by atoms with Crippen LogP contribution in [-0.2, 0) is 11.3 Å². The number of esters is 1. The zero-order valence-electron chi connectivity index (χ0n) is 7.72. The maximum Gasteiger partial charge on any atom is 0.338 e. The molecule has 1 aromatic carbocycles. The van der Waals surface area contributed by atoms with Crippen molar-refractivity contribution in [3.8, 4) is 0 Å². The quantitative estimate of drug-likeness (QED) is 0.553. The molecule has 1 aromatic rings. The molecule has 0 spiro atoms. The van der Waals surface area contributed by atoms with Crippen LogP contribution in [0, 0.1) is 5.82 Å². The van der Waals surface area contributed by atoms with Crippen molar-refractivity contribution in [1.29, 1.82) is 0 Å². The predicted octanol–water partition coefficient (Wildman–Crippen LogP) is -2.64. The SMILES string of the molecule is COC(=O)c1cc(F)ccc1C[NH3+].[Cl-]. The average molecular weight is 220 g/mol. The van der Waals surface area contributed by atoms with E-state index < -0.39 is 11.8 Å². The van der Waals surface area contributed by atoms with Gasteiger partial charge in [0.15, 0.2) is 0 Å². The highest BCUT2D eigenvalue weighted by atomic mass is 35.5. The van der Waals surface area contributed by atoms with E-state index in [1.54, 1.807) is 0 Å². The fraction of sp³-hybridized carbons (Fsp3) is 0.222. The van der Waals surface area contributed by atoms with E-state index in [0.29, 0.717) is 12.1 Å². The third-order valence-electron chi connectivity index (χ3n) is 1.75. The maximum atomic E-state index is 12.8. The molecule has 0 fully saturated rings. The van der Waals surface area contributed by atoms with E-state index in [4.69, 9.17) is 0 Å². The lowest BCUT2D eigenvalue weighted by atomic mass is 10.1. The van der Waals surface area contributed by atoms with E-state index in [1.165, 1.54) is 19.2 Å². The number of hydrogen-bond donors (Lipinski definition) is 1. The van der Waals surface area contributed by atoms with E-state index in [2.05, 4.69) is 10.5 Å². The lowest BCUT2D eigenvalue weighted by molar-refractivity contribution is -0.386. The Bertz CT molecular complexity index is 331. The van der Waals surface area contributed by atoms with E-state index in [1.807, 2.05) is 0 Å². The van der Waals surface area contributed by atoms with Crippen LogP contribution in [0.25, 0.3) is 0 Å². The Hall–Kier alpha value is -1.13. The first-order valence-corrected chi connectivity index (χ1v) is 3.85. The summed E-state index contributed by atoms with van der Waals surface area (Å²) in [5.41, 5.74) is 4.57. The van der Waals surface area contributed by atoms with Gasteiger partial charge < -0.3 is 22.9 Å². The molecule has 0 atom stereocenters. The van der Waals surface area contributed by atoms with Gasteiger partial charge in [0.2, 0.25) is 0 Å². The topological polar surface area (TPSA) is 53.9 Å². The van der Waals surface area contributed by atoms with Gasteiger partial charge in [-0.2, -0.15) is 0 Å². The number of halogens is 2. The van der Waals surface area contributed by atoms with Crippen molar-refractivity contribution in [1.82, 2.24) is 0 Å². The summed E-state index contributed by atoms with van der Waals surface area (Å²) in [5.74, 6) is -0.976. The predicted molar refractivity (Wildman–Crippen MR) is 44.3 cm³/mol. The van der Waals surface area contributed by atoms with Crippen molar-refractivity contribution in [3.63, 3.8) is 0 Å². The third kappa shape index (κ3) is 2.68. The Labute approximate surface area is 87.5 Å². The first-order chi connectivity index (χ1) is 6.19. The first-order valence-electron chi connectivity index (χ1n) is 3.85. The Morgan fingerprint density at radius 3 is 2.71 bits per heavy atom. The van der Waals surface area contributed by atoms with Crippen LogP contribution in [0.4, 0.5) is 4.39 Å². The fourth-order valence-corrected chi connectivity index (χ4v) is 1.07. The number of rotatable bonds is 2. The van der Waals surface area contributed by atoms with Gasteiger partial charge in [0.1, 0.15) is 12.4 Å². The highest BCUT2D eigenvalue weighted by Gasteiger charge is 2.12. The minimum absolute atomic E-state index is 0. The molecule has 0 aliphatic heterocycles. The van der Waals surface area contributed by atoms with Crippen LogP contribution in [0.5, 0.6) is 0 Å². The Morgan fingerprint density at radius 1 is 1.57 bits per heavy atom. The van der Waals surface area contributed by atoms with Crippen molar-refractivity contribution < 1.29 is 32.1 Å². The van der Waals surface area contributed by atoms with Crippen LogP contribution in [-0.4, -0.2) is 13.1 Å². The molecule has 0 aliphatic rings. The highest BCUT2D eigenvalue weighted by Crippen LogP contribution is 2.11. The summed E-state index contributed by atoms with van der Waals surface area (Å²) in [5, 5.41) is 0. The second kappa shape index (κ2) is 5.57. The minimum Gasteiger partial charge on any atom is -1.00 e. The average Bonchev–Trinajstić information content (AvgIpc) is 2.16. The van der Waals surface area contributed by atoms with Crippen LogP contribution in [0.1, 0.15) is 15.9 Å². The van der Waals surface area contributed by atoms with Crippen molar-refractivity contribution >= 4 is 5.97 Å². The smallest absolute Gasteiger partial charge is 0.338 e. The zero-order chi connectivity index (χ0) is 9.84. The minimum atomic E-state index is -0.529. The van der Waals surface area contributed by atoms with Crippen LogP contribution in [0.15, 0.2) is 18.2 Å². The van der Waals surface area contributed by atoms with Crippen LogP contribution >= 0.6 is 0 Å². The van der Waals surface area contributed by atoms with Gasteiger partial charge in [-0.05, 0) is 18.2 Å². The lowest BCUT2D eigenvalue weighted by Crippen LogP contribution is -3.00. The summed E-state index contributed by atoms with van der Waals surface area (Å²) in [6, 6.07) is 3.99. The van der Waals surface area contributed by atoms with Crippen LogP contribution in [0.3, 0.4) is 0 Å². The molecule has 78 valence electrons. The second-order valence-electron chi connectivity index (χ2n) is 2.54. The van der Waals surface area contributed by atoms with E-state index in [0.717, 1.165) is 6.07 Å². The van der Waals surface area contributed by atoms with E-state index in [-0.39, 0.29) is 18.0 Å². The molecule has 14 heavy (non-hydrogen) atoms. The van der Waals surface area contributed by atoms with Crippen molar-refractivity contribution in [2.45, 2.75) is 6.54 Å². The Kier molecular flexibility index (Phi) is 5.12. The standard InChI is InChI=1S/C9H10FNO2.ClH/c1-13-9(12)8-4-7(10)3-2-6(8)5-11;/h2-4H,5,11H2,1H3;1H. The molecule has 1 rings (SSSR count). The Balaban J connectivity index is 0.00000169. The number of benzene rings is 1. The number of carbonyl (C=O) groups is 1. The second-order valence-corrected chi connectivity index (χ2v) is 2.54. The molecule has 0 aliphatic carbocycles. The molecule has 0 unspecified atom stereocenters. The summed E-state index contributed by atoms with van der Waals surface area (Å²) in [6.45, 7) is 0.435.